The second-order valence-corrected chi connectivity index (χ2v) is 5.47. The maximum Gasteiger partial charge on any atom is 0.149 e. The average molecular weight is 312 g/mol. The van der Waals surface area contributed by atoms with Gasteiger partial charge in [-0.15, -0.1) is 0 Å². The number of benzene rings is 2. The van der Waals surface area contributed by atoms with Gasteiger partial charge >= 0.3 is 0 Å². The molecule has 0 amide bonds. The van der Waals surface area contributed by atoms with Gasteiger partial charge in [-0.05, 0) is 23.8 Å². The third-order valence-corrected chi connectivity index (χ3v) is 3.92. The number of hydrogen-bond acceptors (Lipinski definition) is 6. The van der Waals surface area contributed by atoms with Gasteiger partial charge in [-0.3, -0.25) is 0 Å². The van der Waals surface area contributed by atoms with E-state index in [1.54, 1.807) is 14.2 Å². The number of nitrogens with one attached hydrogen (secondary N) is 1. The van der Waals surface area contributed by atoms with Crippen molar-refractivity contribution >= 4 is 17.2 Å². The Kier molecular flexibility index (Phi) is 3.83. The van der Waals surface area contributed by atoms with Gasteiger partial charge in [0.2, 0.25) is 0 Å². The summed E-state index contributed by atoms with van der Waals surface area (Å²) in [6.07, 6.45) is 0.434. The van der Waals surface area contributed by atoms with Crippen LogP contribution in [0.5, 0.6) is 11.5 Å². The number of hydrogen-bond donors (Lipinski definition) is 3. The minimum atomic E-state index is -0.976. The molecule has 6 nitrogen and oxygen atoms in total. The van der Waals surface area contributed by atoms with Crippen LogP contribution in [0.1, 0.15) is 5.56 Å². The first-order valence-electron chi connectivity index (χ1n) is 7.27. The van der Waals surface area contributed by atoms with Crippen LogP contribution in [-0.2, 0) is 6.42 Å². The van der Waals surface area contributed by atoms with E-state index in [4.69, 9.17) is 20.9 Å². The SMILES string of the molecule is COc1ccc(CC2(N)Nc3ccccc3N=C2N)c(OC)c1. The van der Waals surface area contributed by atoms with Crippen molar-refractivity contribution in [3.63, 3.8) is 0 Å². The maximum atomic E-state index is 6.49. The summed E-state index contributed by atoms with van der Waals surface area (Å²) in [5.74, 6) is 1.76. The molecule has 0 radical (unpaired) electrons. The van der Waals surface area contributed by atoms with Crippen molar-refractivity contribution in [2.24, 2.45) is 16.5 Å². The van der Waals surface area contributed by atoms with Gasteiger partial charge in [0.15, 0.2) is 0 Å². The molecule has 120 valence electrons. The van der Waals surface area contributed by atoms with Crippen LogP contribution in [0.25, 0.3) is 0 Å². The largest absolute Gasteiger partial charge is 0.497 e. The van der Waals surface area contributed by atoms with E-state index in [2.05, 4.69) is 10.3 Å². The number of anilines is 1. The molecular formula is C17H20N4O2. The molecule has 3 rings (SSSR count). The maximum absolute atomic E-state index is 6.49. The van der Waals surface area contributed by atoms with Crippen molar-refractivity contribution in [3.05, 3.63) is 48.0 Å². The van der Waals surface area contributed by atoms with Crippen LogP contribution >= 0.6 is 0 Å². The molecule has 23 heavy (non-hydrogen) atoms. The molecule has 0 aliphatic carbocycles. The number of fused-ring (bicyclic) bond motifs is 1. The second-order valence-electron chi connectivity index (χ2n) is 5.47. The molecule has 0 aromatic heterocycles. The molecule has 1 unspecified atom stereocenters. The van der Waals surface area contributed by atoms with E-state index in [1.165, 1.54) is 0 Å². The number of amidine groups is 1. The smallest absolute Gasteiger partial charge is 0.149 e. The van der Waals surface area contributed by atoms with E-state index >= 15 is 0 Å². The van der Waals surface area contributed by atoms with Gasteiger partial charge in [0, 0.05) is 12.5 Å². The minimum Gasteiger partial charge on any atom is -0.497 e. The molecule has 6 heteroatoms. The van der Waals surface area contributed by atoms with E-state index in [1.807, 2.05) is 42.5 Å². The lowest BCUT2D eigenvalue weighted by molar-refractivity contribution is 0.389. The Hall–Kier alpha value is -2.73. The fourth-order valence-electron chi connectivity index (χ4n) is 2.64. The first kappa shape index (κ1) is 15.2. The molecule has 0 fully saturated rings. The number of aliphatic imine (C=N–C) groups is 1. The van der Waals surface area contributed by atoms with E-state index in [0.717, 1.165) is 22.7 Å². The van der Waals surface area contributed by atoms with Crippen molar-refractivity contribution in [2.45, 2.75) is 12.1 Å². The highest BCUT2D eigenvalue weighted by Gasteiger charge is 2.34. The van der Waals surface area contributed by atoms with E-state index in [9.17, 15) is 0 Å². The lowest BCUT2D eigenvalue weighted by Gasteiger charge is -2.35. The number of ether oxygens (including phenoxy) is 2. The lowest BCUT2D eigenvalue weighted by atomic mass is 9.96. The molecule has 1 atom stereocenters. The second kappa shape index (κ2) is 5.81. The van der Waals surface area contributed by atoms with Crippen molar-refractivity contribution < 1.29 is 9.47 Å². The fourth-order valence-corrected chi connectivity index (χ4v) is 2.64. The molecule has 2 aromatic rings. The predicted octanol–water partition coefficient (Wildman–Crippen LogP) is 2.02. The topological polar surface area (TPSA) is 94.9 Å². The third-order valence-electron chi connectivity index (χ3n) is 3.92. The summed E-state index contributed by atoms with van der Waals surface area (Å²) in [5.41, 5.74) is 14.2. The van der Waals surface area contributed by atoms with E-state index in [0.29, 0.717) is 18.0 Å². The van der Waals surface area contributed by atoms with E-state index < -0.39 is 5.66 Å². The third kappa shape index (κ3) is 2.80. The Balaban J connectivity index is 1.94. The molecule has 0 spiro atoms. The van der Waals surface area contributed by atoms with Gasteiger partial charge in [0.25, 0.3) is 0 Å². The Morgan fingerprint density at radius 3 is 2.65 bits per heavy atom. The van der Waals surface area contributed by atoms with Gasteiger partial charge < -0.3 is 26.3 Å². The lowest BCUT2D eigenvalue weighted by Crippen LogP contribution is -2.60. The van der Waals surface area contributed by atoms with Crippen LogP contribution in [0.4, 0.5) is 11.4 Å². The average Bonchev–Trinajstić information content (AvgIpc) is 2.56. The zero-order valence-electron chi connectivity index (χ0n) is 13.2. The number of para-hydroxylation sites is 2. The molecule has 0 bridgehead atoms. The highest BCUT2D eigenvalue weighted by Crippen LogP contribution is 2.34. The van der Waals surface area contributed by atoms with Crippen LogP contribution < -0.4 is 26.3 Å². The van der Waals surface area contributed by atoms with Crippen molar-refractivity contribution in [3.8, 4) is 11.5 Å². The zero-order valence-corrected chi connectivity index (χ0v) is 13.2. The molecule has 0 saturated heterocycles. The molecule has 1 heterocycles. The van der Waals surface area contributed by atoms with Gasteiger partial charge in [-0.2, -0.15) is 0 Å². The van der Waals surface area contributed by atoms with Crippen LogP contribution in [0.3, 0.4) is 0 Å². The van der Waals surface area contributed by atoms with Gasteiger partial charge in [-0.1, -0.05) is 18.2 Å². The fraction of sp³-hybridized carbons (Fsp3) is 0.235. The van der Waals surface area contributed by atoms with Crippen LogP contribution in [0, 0.1) is 0 Å². The molecular weight excluding hydrogens is 292 g/mol. The Morgan fingerprint density at radius 1 is 1.13 bits per heavy atom. The molecule has 1 aliphatic rings. The number of rotatable bonds is 4. The zero-order chi connectivity index (χ0) is 16.4. The first-order chi connectivity index (χ1) is 11.1. The summed E-state index contributed by atoms with van der Waals surface area (Å²) >= 11 is 0. The standard InChI is InChI=1S/C17H20N4O2/c1-22-12-8-7-11(15(9-12)23-2)10-17(19)16(18)20-13-5-3-4-6-14(13)21-17/h3-9,21H,10,19H2,1-2H3,(H2,18,20). The van der Waals surface area contributed by atoms with Crippen molar-refractivity contribution in [2.75, 3.05) is 19.5 Å². The van der Waals surface area contributed by atoms with Crippen LogP contribution in [0.2, 0.25) is 0 Å². The predicted molar refractivity (Wildman–Crippen MR) is 91.5 cm³/mol. The number of nitrogens with zero attached hydrogens (tertiary/aromatic N) is 1. The quantitative estimate of drug-likeness (QED) is 0.803. The van der Waals surface area contributed by atoms with Crippen molar-refractivity contribution in [1.82, 2.24) is 0 Å². The Bertz CT molecular complexity index is 760. The monoisotopic (exact) mass is 312 g/mol. The summed E-state index contributed by atoms with van der Waals surface area (Å²) in [7, 11) is 3.23. The molecule has 1 aliphatic heterocycles. The summed E-state index contributed by atoms with van der Waals surface area (Å²) in [5, 5.41) is 3.29. The van der Waals surface area contributed by atoms with Crippen LogP contribution in [0.15, 0.2) is 47.5 Å². The Morgan fingerprint density at radius 2 is 1.91 bits per heavy atom. The first-order valence-corrected chi connectivity index (χ1v) is 7.27. The molecule has 5 N–H and O–H groups in total. The molecule has 0 saturated carbocycles. The number of methoxy groups -OCH3 is 2. The summed E-state index contributed by atoms with van der Waals surface area (Å²) in [6.45, 7) is 0. The minimum absolute atomic E-state index is 0.342. The normalized spacial score (nSPS) is 19.3. The highest BCUT2D eigenvalue weighted by atomic mass is 16.5. The van der Waals surface area contributed by atoms with Gasteiger partial charge in [0.1, 0.15) is 23.0 Å². The van der Waals surface area contributed by atoms with E-state index in [-0.39, 0.29) is 0 Å². The summed E-state index contributed by atoms with van der Waals surface area (Å²) in [4.78, 5) is 4.43. The number of nitrogens with two attached hydrogens (primary N) is 2. The summed E-state index contributed by atoms with van der Waals surface area (Å²) < 4.78 is 10.7. The van der Waals surface area contributed by atoms with Gasteiger partial charge in [0.05, 0.1) is 25.6 Å². The van der Waals surface area contributed by atoms with Crippen molar-refractivity contribution in [1.29, 1.82) is 0 Å². The summed E-state index contributed by atoms with van der Waals surface area (Å²) in [6, 6.07) is 13.3. The Labute approximate surface area is 135 Å². The molecule has 2 aromatic carbocycles. The van der Waals surface area contributed by atoms with Crippen LogP contribution in [-0.4, -0.2) is 25.7 Å². The highest BCUT2D eigenvalue weighted by molar-refractivity contribution is 5.98. The van der Waals surface area contributed by atoms with Gasteiger partial charge in [-0.25, -0.2) is 4.99 Å².